The monoisotopic (exact) mass is 410 g/mol. The molecule has 4 aliphatic carbocycles. The predicted octanol–water partition coefficient (Wildman–Crippen LogP) is 2.11. The van der Waals surface area contributed by atoms with Crippen molar-refractivity contribution in [3.8, 4) is 0 Å². The number of aliphatic carboxylic acids is 1. The molecular formula is C21H24F2O6. The fourth-order valence-electron chi connectivity index (χ4n) is 7.28. The SMILES string of the molecule is C[C@]12C=CC(=O)C=C1[C@@H](F)C[C@H]1[C@@H]3C[C@H]4OCO[C@@]4(C(=O)O)[C@@]3(C)C[C@H](O)[C@@]12F. The van der Waals surface area contributed by atoms with Crippen LogP contribution in [0.15, 0.2) is 23.8 Å². The van der Waals surface area contributed by atoms with Crippen molar-refractivity contribution in [2.24, 2.45) is 22.7 Å². The molecule has 3 saturated carbocycles. The summed E-state index contributed by atoms with van der Waals surface area (Å²) in [6.07, 6.45) is -0.326. The van der Waals surface area contributed by atoms with Gasteiger partial charge in [-0.05, 0) is 49.8 Å². The largest absolute Gasteiger partial charge is 0.479 e. The zero-order valence-corrected chi connectivity index (χ0v) is 16.2. The molecule has 0 spiro atoms. The maximum absolute atomic E-state index is 16.9. The molecular weight excluding hydrogens is 386 g/mol. The van der Waals surface area contributed by atoms with Gasteiger partial charge in [-0.1, -0.05) is 13.0 Å². The summed E-state index contributed by atoms with van der Waals surface area (Å²) >= 11 is 0. The second-order valence-corrected chi connectivity index (χ2v) is 9.55. The Hall–Kier alpha value is -1.64. The van der Waals surface area contributed by atoms with Crippen LogP contribution in [-0.4, -0.2) is 58.4 Å². The predicted molar refractivity (Wildman–Crippen MR) is 95.2 cm³/mol. The highest BCUT2D eigenvalue weighted by atomic mass is 19.1. The molecule has 158 valence electrons. The number of ether oxygens (including phenoxy) is 2. The van der Waals surface area contributed by atoms with Gasteiger partial charge >= 0.3 is 5.97 Å². The lowest BCUT2D eigenvalue weighted by Crippen LogP contribution is -2.70. The van der Waals surface area contributed by atoms with Crippen LogP contribution in [-0.2, 0) is 19.1 Å². The molecule has 2 N–H and O–H groups in total. The van der Waals surface area contributed by atoms with Gasteiger partial charge in [0.2, 0.25) is 0 Å². The maximum Gasteiger partial charge on any atom is 0.339 e. The molecule has 1 aliphatic heterocycles. The van der Waals surface area contributed by atoms with Gasteiger partial charge < -0.3 is 19.7 Å². The lowest BCUT2D eigenvalue weighted by molar-refractivity contribution is -0.231. The number of rotatable bonds is 1. The lowest BCUT2D eigenvalue weighted by atomic mass is 9.44. The van der Waals surface area contributed by atoms with Gasteiger partial charge in [-0.25, -0.2) is 13.6 Å². The van der Waals surface area contributed by atoms with Crippen molar-refractivity contribution >= 4 is 11.8 Å². The van der Waals surface area contributed by atoms with Crippen LogP contribution in [0.1, 0.15) is 33.1 Å². The fraction of sp³-hybridized carbons (Fsp3) is 0.714. The molecule has 0 amide bonds. The number of hydrogen-bond donors (Lipinski definition) is 2. The van der Waals surface area contributed by atoms with Crippen LogP contribution in [0.2, 0.25) is 0 Å². The van der Waals surface area contributed by atoms with E-state index in [9.17, 15) is 19.8 Å². The van der Waals surface area contributed by atoms with E-state index in [0.717, 1.165) is 6.08 Å². The van der Waals surface area contributed by atoms with E-state index in [1.54, 1.807) is 6.92 Å². The molecule has 0 radical (unpaired) electrons. The van der Waals surface area contributed by atoms with Gasteiger partial charge in [0.05, 0.1) is 6.10 Å². The van der Waals surface area contributed by atoms with Gasteiger partial charge in [0, 0.05) is 16.7 Å². The number of carbonyl (C=O) groups excluding carboxylic acids is 1. The number of halogens is 2. The summed E-state index contributed by atoms with van der Waals surface area (Å²) in [5.41, 5.74) is -6.49. The molecule has 0 aromatic carbocycles. The second kappa shape index (κ2) is 5.53. The summed E-state index contributed by atoms with van der Waals surface area (Å²) in [4.78, 5) is 24.1. The van der Waals surface area contributed by atoms with Crippen molar-refractivity contribution in [2.75, 3.05) is 6.79 Å². The summed E-state index contributed by atoms with van der Waals surface area (Å²) in [5.74, 6) is -3.11. The second-order valence-electron chi connectivity index (χ2n) is 9.55. The van der Waals surface area contributed by atoms with E-state index < -0.39 is 64.1 Å². The van der Waals surface area contributed by atoms with Gasteiger partial charge in [-0.3, -0.25) is 4.79 Å². The Morgan fingerprint density at radius 2 is 2.00 bits per heavy atom. The first-order valence-corrected chi connectivity index (χ1v) is 9.97. The molecule has 9 atom stereocenters. The molecule has 0 bridgehead atoms. The summed E-state index contributed by atoms with van der Waals surface area (Å²) in [6.45, 7) is 3.02. The zero-order chi connectivity index (χ0) is 21.0. The first kappa shape index (κ1) is 19.3. The van der Waals surface area contributed by atoms with Crippen molar-refractivity contribution in [1.29, 1.82) is 0 Å². The Morgan fingerprint density at radius 3 is 2.69 bits per heavy atom. The van der Waals surface area contributed by atoms with E-state index in [1.165, 1.54) is 19.1 Å². The number of carboxylic acid groups (broad SMARTS) is 1. The van der Waals surface area contributed by atoms with Crippen LogP contribution in [0.5, 0.6) is 0 Å². The number of fused-ring (bicyclic) bond motifs is 7. The van der Waals surface area contributed by atoms with Gasteiger partial charge in [-0.15, -0.1) is 0 Å². The number of hydrogen-bond acceptors (Lipinski definition) is 5. The summed E-state index contributed by atoms with van der Waals surface area (Å²) < 4.78 is 43.3. The Kier molecular flexibility index (Phi) is 3.69. The van der Waals surface area contributed by atoms with Crippen LogP contribution >= 0.6 is 0 Å². The minimum absolute atomic E-state index is 0.0463. The average Bonchev–Trinajstić information content (AvgIpc) is 3.17. The maximum atomic E-state index is 16.9. The smallest absolute Gasteiger partial charge is 0.339 e. The molecule has 5 rings (SSSR count). The molecule has 6 nitrogen and oxygen atoms in total. The number of alkyl halides is 2. The molecule has 4 fully saturated rings. The molecule has 0 aromatic rings. The fourth-order valence-corrected chi connectivity index (χ4v) is 7.28. The van der Waals surface area contributed by atoms with E-state index in [1.807, 2.05) is 0 Å². The molecule has 29 heavy (non-hydrogen) atoms. The third-order valence-electron chi connectivity index (χ3n) is 8.66. The van der Waals surface area contributed by atoms with Crippen molar-refractivity contribution in [3.05, 3.63) is 23.8 Å². The summed E-state index contributed by atoms with van der Waals surface area (Å²) in [7, 11) is 0. The number of allylic oxidation sites excluding steroid dienone is 4. The number of carboxylic acids is 1. The zero-order valence-electron chi connectivity index (χ0n) is 16.2. The molecule has 0 aromatic heterocycles. The van der Waals surface area contributed by atoms with Gasteiger partial charge in [0.25, 0.3) is 0 Å². The lowest BCUT2D eigenvalue weighted by Gasteiger charge is -2.62. The standard InChI is InChI=1S/C21H24F2O6/c1-18-4-3-10(24)5-13(18)14(22)6-12-11-7-16-21(17(26)27,29-9-28-16)19(11,2)8-15(25)20(12,18)23/h3-5,11-12,14-16,25H,6-9H2,1-2H3,(H,26,27)/t11-,12-,14-,15-,16+,18-,19-,20-,21-/m0/s1. The summed E-state index contributed by atoms with van der Waals surface area (Å²) in [5, 5.41) is 21.1. The van der Waals surface area contributed by atoms with Crippen LogP contribution in [0, 0.1) is 22.7 Å². The van der Waals surface area contributed by atoms with Gasteiger partial charge in [0.15, 0.2) is 17.1 Å². The number of ketones is 1. The third-order valence-corrected chi connectivity index (χ3v) is 8.66. The molecule has 5 aliphatic rings. The van der Waals surface area contributed by atoms with Crippen molar-refractivity contribution in [1.82, 2.24) is 0 Å². The molecule has 8 heteroatoms. The van der Waals surface area contributed by atoms with Crippen molar-refractivity contribution < 1.29 is 38.1 Å². The number of aliphatic hydroxyl groups is 1. The molecule has 1 saturated heterocycles. The van der Waals surface area contributed by atoms with Crippen molar-refractivity contribution in [2.45, 2.75) is 62.8 Å². The van der Waals surface area contributed by atoms with Gasteiger partial charge in [0.1, 0.15) is 19.1 Å². The number of carbonyl (C=O) groups is 2. The Morgan fingerprint density at radius 1 is 1.28 bits per heavy atom. The molecule has 1 heterocycles. The highest BCUT2D eigenvalue weighted by molar-refractivity contribution is 6.01. The van der Waals surface area contributed by atoms with Gasteiger partial charge in [-0.2, -0.15) is 0 Å². The number of aliphatic hydroxyl groups excluding tert-OH is 1. The first-order valence-electron chi connectivity index (χ1n) is 9.97. The minimum atomic E-state index is -2.23. The highest BCUT2D eigenvalue weighted by Crippen LogP contribution is 2.71. The van der Waals surface area contributed by atoms with Crippen LogP contribution in [0.25, 0.3) is 0 Å². The van der Waals surface area contributed by atoms with Crippen LogP contribution in [0.4, 0.5) is 8.78 Å². The molecule has 0 unspecified atom stereocenters. The van der Waals surface area contributed by atoms with E-state index >= 15 is 8.78 Å². The Balaban J connectivity index is 1.67. The van der Waals surface area contributed by atoms with E-state index in [0.29, 0.717) is 0 Å². The Bertz CT molecular complexity index is 871. The van der Waals surface area contributed by atoms with E-state index in [2.05, 4.69) is 0 Å². The quantitative estimate of drug-likeness (QED) is 0.688. The highest BCUT2D eigenvalue weighted by Gasteiger charge is 2.79. The van der Waals surface area contributed by atoms with Crippen LogP contribution in [0.3, 0.4) is 0 Å². The summed E-state index contributed by atoms with van der Waals surface area (Å²) in [6, 6.07) is 0. The minimum Gasteiger partial charge on any atom is -0.479 e. The average molecular weight is 410 g/mol. The Labute approximate surface area is 166 Å². The third kappa shape index (κ3) is 1.92. The van der Waals surface area contributed by atoms with E-state index in [4.69, 9.17) is 9.47 Å². The van der Waals surface area contributed by atoms with Crippen molar-refractivity contribution in [3.63, 3.8) is 0 Å². The topological polar surface area (TPSA) is 93.1 Å². The van der Waals surface area contributed by atoms with Crippen LogP contribution < -0.4 is 0 Å². The van der Waals surface area contributed by atoms with E-state index in [-0.39, 0.29) is 31.6 Å². The first-order chi connectivity index (χ1) is 13.5. The normalized spacial score (nSPS) is 55.6.